The fourth-order valence-corrected chi connectivity index (χ4v) is 1.31. The zero-order chi connectivity index (χ0) is 10.6. The van der Waals surface area contributed by atoms with E-state index in [-0.39, 0.29) is 18.3 Å². The number of carbonyl (C=O) groups is 2. The number of carbonyl (C=O) groups excluding carboxylic acids is 2. The van der Waals surface area contributed by atoms with Gasteiger partial charge in [0, 0.05) is 18.5 Å². The Morgan fingerprint density at radius 1 is 1.57 bits per heavy atom. The molecule has 0 aliphatic heterocycles. The van der Waals surface area contributed by atoms with E-state index in [1.54, 1.807) is 6.92 Å². The standard InChI is InChI=1S/C7H9N3O3S/c1-3-13-6(12)5-9-7(14-10-5)8-4(2)11/h3H2,1-2H3,(H,8,9,10,11). The van der Waals surface area contributed by atoms with E-state index in [1.165, 1.54) is 6.92 Å². The van der Waals surface area contributed by atoms with E-state index in [0.717, 1.165) is 11.5 Å². The van der Waals surface area contributed by atoms with Gasteiger partial charge in [-0.1, -0.05) is 0 Å². The molecule has 76 valence electrons. The van der Waals surface area contributed by atoms with Crippen LogP contribution in [0.5, 0.6) is 0 Å². The number of ether oxygens (including phenoxy) is 1. The summed E-state index contributed by atoms with van der Waals surface area (Å²) in [5, 5.41) is 2.71. The van der Waals surface area contributed by atoms with E-state index in [0.29, 0.717) is 5.13 Å². The van der Waals surface area contributed by atoms with Crippen LogP contribution < -0.4 is 5.32 Å². The van der Waals surface area contributed by atoms with Gasteiger partial charge in [0.05, 0.1) is 6.61 Å². The Hall–Kier alpha value is -1.50. The molecule has 1 aromatic heterocycles. The van der Waals surface area contributed by atoms with E-state index in [1.807, 2.05) is 0 Å². The van der Waals surface area contributed by atoms with Crippen molar-refractivity contribution in [3.8, 4) is 0 Å². The molecule has 6 nitrogen and oxygen atoms in total. The lowest BCUT2D eigenvalue weighted by Gasteiger charge is -1.95. The highest BCUT2D eigenvalue weighted by atomic mass is 32.1. The summed E-state index contributed by atoms with van der Waals surface area (Å²) in [5.41, 5.74) is 0. The monoisotopic (exact) mass is 215 g/mol. The first-order valence-electron chi connectivity index (χ1n) is 3.92. The first-order chi connectivity index (χ1) is 6.63. The van der Waals surface area contributed by atoms with E-state index in [9.17, 15) is 9.59 Å². The number of esters is 1. The first kappa shape index (κ1) is 10.6. The quantitative estimate of drug-likeness (QED) is 0.749. The Balaban J connectivity index is 2.67. The van der Waals surface area contributed by atoms with Crippen LogP contribution in [0.4, 0.5) is 5.13 Å². The SMILES string of the molecule is CCOC(=O)c1nsc(NC(C)=O)n1. The summed E-state index contributed by atoms with van der Waals surface area (Å²) < 4.78 is 8.41. The van der Waals surface area contributed by atoms with Gasteiger partial charge in [0.1, 0.15) is 0 Å². The lowest BCUT2D eigenvalue weighted by Crippen LogP contribution is -2.08. The van der Waals surface area contributed by atoms with Gasteiger partial charge >= 0.3 is 5.97 Å². The van der Waals surface area contributed by atoms with Crippen LogP contribution in [0.2, 0.25) is 0 Å². The second-order valence-electron chi connectivity index (χ2n) is 2.32. The van der Waals surface area contributed by atoms with E-state index < -0.39 is 5.97 Å². The van der Waals surface area contributed by atoms with Crippen molar-refractivity contribution in [3.63, 3.8) is 0 Å². The topological polar surface area (TPSA) is 81.2 Å². The molecule has 1 amide bonds. The molecule has 0 atom stereocenters. The third-order valence-electron chi connectivity index (χ3n) is 1.17. The Kier molecular flexibility index (Phi) is 3.52. The molecule has 0 fully saturated rings. The number of hydrogen-bond donors (Lipinski definition) is 1. The predicted octanol–water partition coefficient (Wildman–Crippen LogP) is 0.673. The fourth-order valence-electron chi connectivity index (χ4n) is 0.703. The molecule has 0 bridgehead atoms. The van der Waals surface area contributed by atoms with Crippen LogP contribution in [-0.4, -0.2) is 27.8 Å². The van der Waals surface area contributed by atoms with Crippen molar-refractivity contribution in [2.24, 2.45) is 0 Å². The Labute approximate surface area is 84.5 Å². The molecule has 0 unspecified atom stereocenters. The smallest absolute Gasteiger partial charge is 0.377 e. The average Bonchev–Trinajstić information content (AvgIpc) is 2.52. The summed E-state index contributed by atoms with van der Waals surface area (Å²) >= 11 is 0.938. The molecular formula is C7H9N3O3S. The zero-order valence-electron chi connectivity index (χ0n) is 7.73. The summed E-state index contributed by atoms with van der Waals surface area (Å²) in [6.07, 6.45) is 0. The molecular weight excluding hydrogens is 206 g/mol. The second-order valence-corrected chi connectivity index (χ2v) is 3.08. The van der Waals surface area contributed by atoms with Crippen LogP contribution in [0.25, 0.3) is 0 Å². The van der Waals surface area contributed by atoms with Crippen molar-refractivity contribution in [3.05, 3.63) is 5.82 Å². The summed E-state index contributed by atoms with van der Waals surface area (Å²) in [6.45, 7) is 3.32. The van der Waals surface area contributed by atoms with E-state index >= 15 is 0 Å². The molecule has 0 radical (unpaired) electrons. The summed E-state index contributed by atoms with van der Waals surface area (Å²) in [5.74, 6) is -0.863. The maximum absolute atomic E-state index is 11.1. The molecule has 0 aromatic carbocycles. The molecule has 7 heteroatoms. The highest BCUT2D eigenvalue weighted by molar-refractivity contribution is 7.10. The zero-order valence-corrected chi connectivity index (χ0v) is 8.55. The van der Waals surface area contributed by atoms with Crippen LogP contribution >= 0.6 is 11.5 Å². The largest absolute Gasteiger partial charge is 0.460 e. The van der Waals surface area contributed by atoms with Crippen LogP contribution in [0.15, 0.2) is 0 Å². The number of nitrogens with zero attached hydrogens (tertiary/aromatic N) is 2. The van der Waals surface area contributed by atoms with Crippen molar-refractivity contribution >= 4 is 28.5 Å². The van der Waals surface area contributed by atoms with Crippen molar-refractivity contribution in [2.45, 2.75) is 13.8 Å². The lowest BCUT2D eigenvalue weighted by molar-refractivity contribution is -0.114. The maximum atomic E-state index is 11.1. The number of nitrogens with one attached hydrogen (secondary N) is 1. The fraction of sp³-hybridized carbons (Fsp3) is 0.429. The normalized spacial score (nSPS) is 9.57. The summed E-state index contributed by atoms with van der Waals surface area (Å²) in [7, 11) is 0. The minimum Gasteiger partial charge on any atom is -0.460 e. The van der Waals surface area contributed by atoms with Crippen molar-refractivity contribution in [1.29, 1.82) is 0 Å². The van der Waals surface area contributed by atoms with Crippen LogP contribution in [0.1, 0.15) is 24.5 Å². The van der Waals surface area contributed by atoms with Crippen molar-refractivity contribution < 1.29 is 14.3 Å². The Bertz CT molecular complexity index is 350. The number of rotatable bonds is 3. The third-order valence-corrected chi connectivity index (χ3v) is 1.80. The van der Waals surface area contributed by atoms with E-state index in [4.69, 9.17) is 0 Å². The highest BCUT2D eigenvalue weighted by Gasteiger charge is 2.13. The van der Waals surface area contributed by atoms with Gasteiger partial charge in [-0.2, -0.15) is 9.36 Å². The third kappa shape index (κ3) is 2.77. The lowest BCUT2D eigenvalue weighted by atomic mass is 10.6. The van der Waals surface area contributed by atoms with Gasteiger partial charge in [0.2, 0.25) is 11.0 Å². The predicted molar refractivity (Wildman–Crippen MR) is 50.2 cm³/mol. The molecule has 14 heavy (non-hydrogen) atoms. The van der Waals surface area contributed by atoms with Gasteiger partial charge in [-0.05, 0) is 6.92 Å². The van der Waals surface area contributed by atoms with Gasteiger partial charge in [-0.25, -0.2) is 4.79 Å². The van der Waals surface area contributed by atoms with Gasteiger partial charge < -0.3 is 10.1 Å². The molecule has 1 N–H and O–H groups in total. The molecule has 1 rings (SSSR count). The van der Waals surface area contributed by atoms with Crippen molar-refractivity contribution in [1.82, 2.24) is 9.36 Å². The molecule has 0 aliphatic rings. The van der Waals surface area contributed by atoms with Gasteiger partial charge in [0.25, 0.3) is 5.82 Å². The maximum Gasteiger partial charge on any atom is 0.377 e. The molecule has 0 saturated carbocycles. The van der Waals surface area contributed by atoms with Crippen LogP contribution in [0, 0.1) is 0 Å². The molecule has 0 aliphatic carbocycles. The summed E-state index contributed by atoms with van der Waals surface area (Å²) in [4.78, 5) is 25.5. The molecule has 0 spiro atoms. The Morgan fingerprint density at radius 2 is 2.29 bits per heavy atom. The molecule has 0 saturated heterocycles. The number of amides is 1. The van der Waals surface area contributed by atoms with Crippen molar-refractivity contribution in [2.75, 3.05) is 11.9 Å². The van der Waals surface area contributed by atoms with E-state index in [2.05, 4.69) is 19.4 Å². The number of anilines is 1. The highest BCUT2D eigenvalue weighted by Crippen LogP contribution is 2.11. The summed E-state index contributed by atoms with van der Waals surface area (Å²) in [6, 6.07) is 0. The minimum absolute atomic E-state index is 0.0272. The van der Waals surface area contributed by atoms with Gasteiger partial charge in [-0.3, -0.25) is 4.79 Å². The average molecular weight is 215 g/mol. The molecule has 1 aromatic rings. The second kappa shape index (κ2) is 4.66. The minimum atomic E-state index is -0.583. The van der Waals surface area contributed by atoms with Crippen LogP contribution in [-0.2, 0) is 9.53 Å². The Morgan fingerprint density at radius 3 is 2.86 bits per heavy atom. The number of hydrogen-bond acceptors (Lipinski definition) is 6. The van der Waals surface area contributed by atoms with Gasteiger partial charge in [0.15, 0.2) is 0 Å². The first-order valence-corrected chi connectivity index (χ1v) is 4.69. The van der Waals surface area contributed by atoms with Gasteiger partial charge in [-0.15, -0.1) is 0 Å². The molecule has 1 heterocycles. The van der Waals surface area contributed by atoms with Crippen LogP contribution in [0.3, 0.4) is 0 Å². The number of aromatic nitrogens is 2.